The molecule has 0 atom stereocenters. The van der Waals surface area contributed by atoms with Crippen LogP contribution in [0.5, 0.6) is 5.88 Å². The Morgan fingerprint density at radius 1 is 1.15 bits per heavy atom. The van der Waals surface area contributed by atoms with E-state index in [9.17, 15) is 30.4 Å². The third-order valence-electron chi connectivity index (χ3n) is 5.13. The van der Waals surface area contributed by atoms with Crippen LogP contribution in [-0.2, 0) is 9.84 Å². The van der Waals surface area contributed by atoms with E-state index >= 15 is 0 Å². The summed E-state index contributed by atoms with van der Waals surface area (Å²) in [7, 11) is -3.85. The monoisotopic (exact) mass is 506 g/mol. The van der Waals surface area contributed by atoms with Crippen molar-refractivity contribution in [2.45, 2.75) is 36.9 Å². The Morgan fingerprint density at radius 3 is 2.47 bits per heavy atom. The maximum absolute atomic E-state index is 13.1. The molecule has 0 radical (unpaired) electrons. The zero-order valence-electron chi connectivity index (χ0n) is 17.7. The number of aromatic nitrogens is 5. The van der Waals surface area contributed by atoms with E-state index in [2.05, 4.69) is 30.1 Å². The summed E-state index contributed by atoms with van der Waals surface area (Å²) in [4.78, 5) is 11.9. The molecule has 1 aliphatic rings. The highest BCUT2D eigenvalue weighted by molar-refractivity contribution is 7.91. The minimum absolute atomic E-state index is 0.0243. The molecule has 0 saturated heterocycles. The van der Waals surface area contributed by atoms with Crippen LogP contribution >= 0.6 is 0 Å². The molecule has 15 heteroatoms. The minimum Gasteiger partial charge on any atom is -0.470 e. The van der Waals surface area contributed by atoms with Crippen LogP contribution in [0.15, 0.2) is 29.7 Å². The second kappa shape index (κ2) is 8.60. The predicted octanol–water partition coefficient (Wildman–Crippen LogP) is 3.38. The lowest BCUT2D eigenvalue weighted by atomic mass is 10.2. The highest BCUT2D eigenvalue weighted by atomic mass is 32.2. The number of hydrogen-bond donors (Lipinski definition) is 1. The summed E-state index contributed by atoms with van der Waals surface area (Å²) in [5, 5.41) is 7.13. The van der Waals surface area contributed by atoms with Crippen molar-refractivity contribution in [2.75, 3.05) is 24.2 Å². The molecule has 1 saturated carbocycles. The summed E-state index contributed by atoms with van der Waals surface area (Å²) in [5.41, 5.74) is 0.153. The highest BCUT2D eigenvalue weighted by Crippen LogP contribution is 2.36. The van der Waals surface area contributed by atoms with Gasteiger partial charge in [-0.15, -0.1) is 0 Å². The van der Waals surface area contributed by atoms with Gasteiger partial charge in [0, 0.05) is 12.7 Å². The van der Waals surface area contributed by atoms with E-state index in [4.69, 9.17) is 0 Å². The third-order valence-corrected chi connectivity index (χ3v) is 6.77. The number of fused-ring (bicyclic) bond motifs is 1. The number of anilines is 1. The molecule has 1 fully saturated rings. The van der Waals surface area contributed by atoms with Crippen LogP contribution < -0.4 is 10.1 Å². The third kappa shape index (κ3) is 4.74. The van der Waals surface area contributed by atoms with Crippen LogP contribution in [0.1, 0.15) is 19.8 Å². The van der Waals surface area contributed by atoms with Gasteiger partial charge >= 0.3 is 12.1 Å². The average molecular weight is 506 g/mol. The lowest BCUT2D eigenvalue weighted by Crippen LogP contribution is -2.41. The van der Waals surface area contributed by atoms with Crippen molar-refractivity contribution in [2.24, 2.45) is 5.92 Å². The van der Waals surface area contributed by atoms with Gasteiger partial charge in [0.2, 0.25) is 5.88 Å². The molecule has 0 unspecified atom stereocenters. The van der Waals surface area contributed by atoms with Crippen LogP contribution in [0.2, 0.25) is 0 Å². The van der Waals surface area contributed by atoms with Gasteiger partial charge in [0.1, 0.15) is 5.82 Å². The van der Waals surface area contributed by atoms with Gasteiger partial charge in [-0.1, -0.05) is 6.92 Å². The maximum atomic E-state index is 13.1. The van der Waals surface area contributed by atoms with Gasteiger partial charge in [-0.2, -0.15) is 31.6 Å². The average Bonchev–Trinajstić information content (AvgIpc) is 3.53. The van der Waals surface area contributed by atoms with Crippen molar-refractivity contribution in [3.05, 3.63) is 24.7 Å². The van der Waals surface area contributed by atoms with Crippen LogP contribution in [-0.4, -0.2) is 64.0 Å². The fourth-order valence-corrected chi connectivity index (χ4v) is 3.96. The first-order chi connectivity index (χ1) is 15.9. The van der Waals surface area contributed by atoms with Gasteiger partial charge in [-0.25, -0.2) is 23.4 Å². The summed E-state index contributed by atoms with van der Waals surface area (Å²) < 4.78 is 94.4. The largest absolute Gasteiger partial charge is 0.470 e. The molecule has 0 bridgehead atoms. The van der Waals surface area contributed by atoms with Gasteiger partial charge in [-0.05, 0) is 24.8 Å². The Bertz CT molecular complexity index is 1290. The number of sulfone groups is 1. The van der Waals surface area contributed by atoms with Gasteiger partial charge in [0.15, 0.2) is 27.1 Å². The summed E-state index contributed by atoms with van der Waals surface area (Å²) in [6.07, 6.45) is -0.304. The number of halogens is 5. The van der Waals surface area contributed by atoms with Crippen LogP contribution in [0.3, 0.4) is 0 Å². The summed E-state index contributed by atoms with van der Waals surface area (Å²) in [6, 6.07) is 1.64. The maximum Gasteiger partial charge on any atom is 0.456 e. The molecule has 3 aromatic heterocycles. The molecule has 3 heterocycles. The van der Waals surface area contributed by atoms with E-state index in [1.165, 1.54) is 17.6 Å². The zero-order valence-corrected chi connectivity index (χ0v) is 18.5. The number of hydrogen-bond acceptors (Lipinski definition) is 8. The van der Waals surface area contributed by atoms with Crippen LogP contribution in [0, 0.1) is 5.92 Å². The second-order valence-electron chi connectivity index (χ2n) is 7.70. The molecule has 0 aliphatic heterocycles. The number of ether oxygens (including phenoxy) is 1. The number of nitrogens with one attached hydrogen (secondary N) is 1. The topological polar surface area (TPSA) is 111 Å². The smallest absolute Gasteiger partial charge is 0.456 e. The first-order valence-corrected chi connectivity index (χ1v) is 11.8. The van der Waals surface area contributed by atoms with Gasteiger partial charge < -0.3 is 10.1 Å². The Hall–Kier alpha value is -3.10. The molecule has 4 rings (SSSR count). The quantitative estimate of drug-likeness (QED) is 0.440. The normalized spacial score (nSPS) is 15.0. The van der Waals surface area contributed by atoms with E-state index in [-0.39, 0.29) is 27.7 Å². The predicted molar refractivity (Wildman–Crippen MR) is 109 cm³/mol. The molecular weight excluding hydrogens is 487 g/mol. The summed E-state index contributed by atoms with van der Waals surface area (Å²) in [5.74, 6) is -4.90. The van der Waals surface area contributed by atoms with E-state index in [1.54, 1.807) is 6.07 Å². The molecule has 34 heavy (non-hydrogen) atoms. The standard InChI is InChI=1S/C19H19F5N6O3S/c1-2-34(31,32)17-15(16-25-6-5-13(30(16)29-17)27-7-11-3-4-11)12-8-28-14(9-26-12)33-10-18(20,21)19(22,23)24/h5-6,8-9,11,27H,2-4,7,10H2,1H3. The van der Waals surface area contributed by atoms with E-state index < -0.39 is 34.4 Å². The zero-order chi connectivity index (χ0) is 24.7. The van der Waals surface area contributed by atoms with E-state index in [0.717, 1.165) is 25.2 Å². The lowest BCUT2D eigenvalue weighted by molar-refractivity contribution is -0.290. The molecule has 0 spiro atoms. The molecule has 0 amide bonds. The van der Waals surface area contributed by atoms with Gasteiger partial charge in [0.05, 0.1) is 29.4 Å². The summed E-state index contributed by atoms with van der Waals surface area (Å²) >= 11 is 0. The fourth-order valence-electron chi connectivity index (χ4n) is 2.98. The fraction of sp³-hybridized carbons (Fsp3) is 0.474. The lowest BCUT2D eigenvalue weighted by Gasteiger charge is -2.19. The second-order valence-corrected chi connectivity index (χ2v) is 9.90. The van der Waals surface area contributed by atoms with Crippen molar-refractivity contribution in [3.63, 3.8) is 0 Å². The van der Waals surface area contributed by atoms with Crippen molar-refractivity contribution in [3.8, 4) is 17.1 Å². The molecule has 1 aliphatic carbocycles. The van der Waals surface area contributed by atoms with Crippen molar-refractivity contribution < 1.29 is 35.1 Å². The van der Waals surface area contributed by atoms with E-state index in [0.29, 0.717) is 18.3 Å². The first-order valence-electron chi connectivity index (χ1n) is 10.2. The van der Waals surface area contributed by atoms with Crippen LogP contribution in [0.25, 0.3) is 16.9 Å². The molecular formula is C19H19F5N6O3S. The van der Waals surface area contributed by atoms with E-state index in [1.807, 2.05) is 0 Å². The van der Waals surface area contributed by atoms with Crippen molar-refractivity contribution in [1.82, 2.24) is 24.6 Å². The Kier molecular flexibility index (Phi) is 6.08. The number of alkyl halides is 5. The molecule has 184 valence electrons. The van der Waals surface area contributed by atoms with Gasteiger partial charge in [0.25, 0.3) is 0 Å². The Labute approximate surface area is 190 Å². The van der Waals surface area contributed by atoms with Crippen molar-refractivity contribution in [1.29, 1.82) is 0 Å². The molecule has 9 nitrogen and oxygen atoms in total. The molecule has 3 aromatic rings. The molecule has 1 N–H and O–H groups in total. The first kappa shape index (κ1) is 24.0. The Balaban J connectivity index is 1.70. The van der Waals surface area contributed by atoms with Crippen LogP contribution in [0.4, 0.5) is 27.8 Å². The summed E-state index contributed by atoms with van der Waals surface area (Å²) in [6.45, 7) is 0.138. The molecule has 0 aromatic carbocycles. The van der Waals surface area contributed by atoms with Crippen molar-refractivity contribution >= 4 is 21.3 Å². The number of nitrogens with zero attached hydrogens (tertiary/aromatic N) is 5. The minimum atomic E-state index is -5.78. The van der Waals surface area contributed by atoms with Gasteiger partial charge in [-0.3, -0.25) is 0 Å². The SMILES string of the molecule is CCS(=O)(=O)c1nn2c(NCC3CC3)ccnc2c1-c1cnc(OCC(F)(F)C(F)(F)F)cn1. The number of rotatable bonds is 9. The highest BCUT2D eigenvalue weighted by Gasteiger charge is 2.58. The Morgan fingerprint density at radius 2 is 1.88 bits per heavy atom.